The van der Waals surface area contributed by atoms with Gasteiger partial charge in [0.15, 0.2) is 11.6 Å². The van der Waals surface area contributed by atoms with E-state index in [9.17, 15) is 9.59 Å². The number of allylic oxidation sites excluding steroid dienone is 3. The number of carbonyl (C=O) groups is 2. The van der Waals surface area contributed by atoms with Gasteiger partial charge >= 0.3 is 0 Å². The van der Waals surface area contributed by atoms with E-state index in [-0.39, 0.29) is 17.6 Å². The predicted octanol–water partition coefficient (Wildman–Crippen LogP) is -0.818. The molecule has 0 spiro atoms. The van der Waals surface area contributed by atoms with Crippen molar-refractivity contribution in [3.8, 4) is 0 Å². The molecule has 1 saturated heterocycles. The molecule has 0 radical (unpaired) electrons. The molecule has 0 aromatic rings. The molecule has 0 saturated carbocycles. The zero-order valence-corrected chi connectivity index (χ0v) is 7.75. The van der Waals surface area contributed by atoms with E-state index in [0.29, 0.717) is 12.1 Å². The molecule has 4 heteroatoms. The smallest absolute Gasteiger partial charge is 0.183 e. The highest BCUT2D eigenvalue weighted by atomic mass is 16.1. The summed E-state index contributed by atoms with van der Waals surface area (Å²) in [6.07, 6.45) is 4.07. The van der Waals surface area contributed by atoms with Gasteiger partial charge in [-0.15, -0.1) is 0 Å². The Hall–Kier alpha value is -1.26. The molecule has 74 valence electrons. The zero-order valence-electron chi connectivity index (χ0n) is 7.75. The van der Waals surface area contributed by atoms with Crippen molar-refractivity contribution < 1.29 is 9.59 Å². The summed E-state index contributed by atoms with van der Waals surface area (Å²) in [5, 5.41) is 6.38. The van der Waals surface area contributed by atoms with Crippen LogP contribution < -0.4 is 10.6 Å². The van der Waals surface area contributed by atoms with Crippen LogP contribution in [0.15, 0.2) is 23.8 Å². The average Bonchev–Trinajstić information content (AvgIpc) is 2.23. The highest BCUT2D eigenvalue weighted by Crippen LogP contribution is 2.10. The first-order chi connectivity index (χ1) is 6.77. The van der Waals surface area contributed by atoms with Crippen molar-refractivity contribution in [1.29, 1.82) is 0 Å². The van der Waals surface area contributed by atoms with Gasteiger partial charge in [-0.2, -0.15) is 0 Å². The van der Waals surface area contributed by atoms with Gasteiger partial charge in [-0.1, -0.05) is 0 Å². The first-order valence-corrected chi connectivity index (χ1v) is 4.69. The molecule has 0 aromatic carbocycles. The van der Waals surface area contributed by atoms with E-state index in [0.717, 1.165) is 13.1 Å². The Bertz CT molecular complexity index is 325. The van der Waals surface area contributed by atoms with Crippen LogP contribution in [0.25, 0.3) is 0 Å². The fourth-order valence-electron chi connectivity index (χ4n) is 1.67. The number of ketones is 2. The number of nitrogens with one attached hydrogen (secondary N) is 2. The summed E-state index contributed by atoms with van der Waals surface area (Å²) in [7, 11) is 0. The van der Waals surface area contributed by atoms with Crippen LogP contribution in [0, 0.1) is 0 Å². The van der Waals surface area contributed by atoms with E-state index in [1.54, 1.807) is 0 Å². The molecule has 1 fully saturated rings. The minimum absolute atomic E-state index is 0.0230. The van der Waals surface area contributed by atoms with Gasteiger partial charge in [-0.3, -0.25) is 9.59 Å². The summed E-state index contributed by atoms with van der Waals surface area (Å²) < 4.78 is 0. The molecule has 1 heterocycles. The van der Waals surface area contributed by atoms with Gasteiger partial charge in [0.05, 0.1) is 0 Å². The minimum atomic E-state index is -0.105. The van der Waals surface area contributed by atoms with Crippen LogP contribution in [0.3, 0.4) is 0 Å². The number of rotatable bonds is 1. The third-order valence-electron chi connectivity index (χ3n) is 2.40. The highest BCUT2D eigenvalue weighted by Gasteiger charge is 2.23. The Morgan fingerprint density at radius 2 is 2.07 bits per heavy atom. The molecule has 4 nitrogen and oxygen atoms in total. The standard InChI is InChI=1S/C10H12N2O2/c13-7-1-2-10(14)8(5-7)9-6-11-3-4-12-9/h1-2,5,9,11-12H,3-4,6H2/t9-/m1/s1. The molecular formula is C10H12N2O2. The van der Waals surface area contributed by atoms with Crippen LogP contribution in [0.4, 0.5) is 0 Å². The second-order valence-electron chi connectivity index (χ2n) is 3.41. The van der Waals surface area contributed by atoms with E-state index in [1.807, 2.05) is 0 Å². The van der Waals surface area contributed by atoms with Crippen LogP contribution in [-0.4, -0.2) is 37.2 Å². The zero-order chi connectivity index (χ0) is 9.97. The van der Waals surface area contributed by atoms with Crippen molar-refractivity contribution in [2.24, 2.45) is 0 Å². The Balaban J connectivity index is 2.15. The SMILES string of the molecule is O=C1C=CC(=O)C([C@H]2CNCCN2)=C1. The van der Waals surface area contributed by atoms with Gasteiger partial charge in [0.1, 0.15) is 0 Å². The molecule has 0 amide bonds. The summed E-state index contributed by atoms with van der Waals surface area (Å²) in [6.45, 7) is 2.44. The average molecular weight is 192 g/mol. The van der Waals surface area contributed by atoms with Crippen LogP contribution in [0.1, 0.15) is 0 Å². The fraction of sp³-hybridized carbons (Fsp3) is 0.400. The summed E-state index contributed by atoms with van der Waals surface area (Å²) in [5.74, 6) is -0.169. The van der Waals surface area contributed by atoms with Crippen LogP contribution >= 0.6 is 0 Å². The second-order valence-corrected chi connectivity index (χ2v) is 3.41. The number of hydrogen-bond acceptors (Lipinski definition) is 4. The lowest BCUT2D eigenvalue weighted by atomic mass is 9.96. The molecule has 1 aliphatic carbocycles. The molecule has 0 aromatic heterocycles. The summed E-state index contributed by atoms with van der Waals surface area (Å²) in [6, 6.07) is -0.0230. The summed E-state index contributed by atoms with van der Waals surface area (Å²) >= 11 is 0. The molecular weight excluding hydrogens is 180 g/mol. The number of hydrogen-bond donors (Lipinski definition) is 2. The number of carbonyl (C=O) groups excluding carboxylic acids is 2. The van der Waals surface area contributed by atoms with E-state index in [1.165, 1.54) is 18.2 Å². The monoisotopic (exact) mass is 192 g/mol. The molecule has 2 rings (SSSR count). The molecule has 1 atom stereocenters. The van der Waals surface area contributed by atoms with Gasteiger partial charge in [0.25, 0.3) is 0 Å². The fourth-order valence-corrected chi connectivity index (χ4v) is 1.67. The van der Waals surface area contributed by atoms with Crippen molar-refractivity contribution in [2.75, 3.05) is 19.6 Å². The largest absolute Gasteiger partial charge is 0.314 e. The second kappa shape index (κ2) is 3.86. The van der Waals surface area contributed by atoms with Gasteiger partial charge in [-0.25, -0.2) is 0 Å². The molecule has 14 heavy (non-hydrogen) atoms. The summed E-state index contributed by atoms with van der Waals surface area (Å²) in [5.41, 5.74) is 0.574. The number of piperazine rings is 1. The third kappa shape index (κ3) is 1.81. The topological polar surface area (TPSA) is 58.2 Å². The van der Waals surface area contributed by atoms with Gasteiger partial charge in [-0.05, 0) is 18.2 Å². The van der Waals surface area contributed by atoms with E-state index in [4.69, 9.17) is 0 Å². The van der Waals surface area contributed by atoms with Gasteiger partial charge in [0, 0.05) is 31.2 Å². The Morgan fingerprint density at radius 3 is 2.79 bits per heavy atom. The summed E-state index contributed by atoms with van der Waals surface area (Å²) in [4.78, 5) is 22.6. The van der Waals surface area contributed by atoms with Gasteiger partial charge in [0.2, 0.25) is 0 Å². The Kier molecular flexibility index (Phi) is 2.56. The van der Waals surface area contributed by atoms with Crippen molar-refractivity contribution >= 4 is 11.6 Å². The Morgan fingerprint density at radius 1 is 1.21 bits per heavy atom. The highest BCUT2D eigenvalue weighted by molar-refractivity contribution is 6.17. The van der Waals surface area contributed by atoms with E-state index < -0.39 is 0 Å². The van der Waals surface area contributed by atoms with Gasteiger partial charge < -0.3 is 10.6 Å². The first kappa shape index (κ1) is 9.30. The predicted molar refractivity (Wildman–Crippen MR) is 51.9 cm³/mol. The lowest BCUT2D eigenvalue weighted by Gasteiger charge is -2.26. The normalized spacial score (nSPS) is 27.7. The van der Waals surface area contributed by atoms with E-state index >= 15 is 0 Å². The molecule has 0 unspecified atom stereocenters. The van der Waals surface area contributed by atoms with Crippen LogP contribution in [0.2, 0.25) is 0 Å². The van der Waals surface area contributed by atoms with Crippen LogP contribution in [0.5, 0.6) is 0 Å². The maximum Gasteiger partial charge on any atom is 0.183 e. The minimum Gasteiger partial charge on any atom is -0.314 e. The van der Waals surface area contributed by atoms with Crippen molar-refractivity contribution in [2.45, 2.75) is 6.04 Å². The lowest BCUT2D eigenvalue weighted by molar-refractivity contribution is -0.114. The Labute approximate surface area is 82.1 Å². The molecule has 0 bridgehead atoms. The van der Waals surface area contributed by atoms with Crippen molar-refractivity contribution in [1.82, 2.24) is 10.6 Å². The first-order valence-electron chi connectivity index (χ1n) is 4.69. The quantitative estimate of drug-likeness (QED) is 0.533. The molecule has 1 aliphatic heterocycles. The third-order valence-corrected chi connectivity index (χ3v) is 2.40. The van der Waals surface area contributed by atoms with Crippen LogP contribution in [-0.2, 0) is 9.59 Å². The lowest BCUT2D eigenvalue weighted by Crippen LogP contribution is -2.50. The molecule has 2 aliphatic rings. The maximum atomic E-state index is 11.5. The van der Waals surface area contributed by atoms with E-state index in [2.05, 4.69) is 10.6 Å². The van der Waals surface area contributed by atoms with Crippen molar-refractivity contribution in [3.05, 3.63) is 23.8 Å². The maximum absolute atomic E-state index is 11.5. The molecule has 2 N–H and O–H groups in total. The van der Waals surface area contributed by atoms with Crippen molar-refractivity contribution in [3.63, 3.8) is 0 Å².